The monoisotopic (exact) mass is 497 g/mol. The molecule has 0 aliphatic carbocycles. The van der Waals surface area contributed by atoms with E-state index in [0.717, 1.165) is 38.5 Å². The smallest absolute Gasteiger partial charge is 0.407 e. The summed E-state index contributed by atoms with van der Waals surface area (Å²) in [5.74, 6) is -0.212. The number of nitrogens with zero attached hydrogens (tertiary/aromatic N) is 2. The number of amides is 2. The summed E-state index contributed by atoms with van der Waals surface area (Å²) in [5.41, 5.74) is 0.198. The highest BCUT2D eigenvalue weighted by atomic mass is 32.1. The highest BCUT2D eigenvalue weighted by Crippen LogP contribution is 2.31. The third kappa shape index (κ3) is 9.99. The normalized spacial score (nSPS) is 12.8. The molecule has 0 fully saturated rings. The zero-order valence-electron chi connectivity index (χ0n) is 21.7. The van der Waals surface area contributed by atoms with Gasteiger partial charge in [0.25, 0.3) is 0 Å². The minimum atomic E-state index is -0.683. The average Bonchev–Trinajstić information content (AvgIpc) is 3.31. The summed E-state index contributed by atoms with van der Waals surface area (Å²) in [5, 5.41) is 4.63. The number of unbranched alkanes of at least 4 members (excludes halogenated alkanes) is 4. The van der Waals surface area contributed by atoms with E-state index < -0.39 is 18.2 Å². The van der Waals surface area contributed by atoms with Crippen LogP contribution in [0.2, 0.25) is 0 Å². The first-order valence-electron chi connectivity index (χ1n) is 12.6. The molecule has 1 rings (SSSR count). The number of hydrogen-bond acceptors (Lipinski definition) is 7. The van der Waals surface area contributed by atoms with Gasteiger partial charge in [-0.15, -0.1) is 11.3 Å². The van der Waals surface area contributed by atoms with Crippen LogP contribution in [0.25, 0.3) is 0 Å². The molecule has 0 aliphatic heterocycles. The topological polar surface area (TPSA) is 97.8 Å². The molecule has 0 spiro atoms. The first kappa shape index (κ1) is 29.9. The lowest BCUT2D eigenvalue weighted by atomic mass is 9.95. The molecule has 194 valence electrons. The molecule has 1 heterocycles. The van der Waals surface area contributed by atoms with Crippen LogP contribution in [-0.2, 0) is 14.3 Å². The summed E-state index contributed by atoms with van der Waals surface area (Å²) < 4.78 is 10.7. The molecule has 0 aromatic carbocycles. The number of thiazole rings is 1. The fourth-order valence-electron chi connectivity index (χ4n) is 3.76. The number of hydrogen-bond donors (Lipinski definition) is 1. The van der Waals surface area contributed by atoms with Crippen molar-refractivity contribution >= 4 is 29.3 Å². The van der Waals surface area contributed by atoms with Crippen molar-refractivity contribution in [2.75, 3.05) is 20.2 Å². The van der Waals surface area contributed by atoms with Crippen LogP contribution in [0.4, 0.5) is 4.79 Å². The molecule has 0 aliphatic rings. The first-order chi connectivity index (χ1) is 16.3. The Morgan fingerprint density at radius 2 is 1.79 bits per heavy atom. The molecule has 2 atom stereocenters. The SMILES string of the molecule is CCCCCCN(C(=O)CCCC)C(CC(OC(=O)NC)c1nc(C(=O)OCC)cs1)C(C)C. The van der Waals surface area contributed by atoms with Crippen molar-refractivity contribution in [3.63, 3.8) is 0 Å². The molecule has 0 bridgehead atoms. The second-order valence-electron chi connectivity index (χ2n) is 8.73. The van der Waals surface area contributed by atoms with Crippen LogP contribution in [0.15, 0.2) is 5.38 Å². The number of esters is 1. The quantitative estimate of drug-likeness (QED) is 0.231. The van der Waals surface area contributed by atoms with Crippen molar-refractivity contribution in [1.82, 2.24) is 15.2 Å². The minimum absolute atomic E-state index is 0.129. The van der Waals surface area contributed by atoms with Crippen LogP contribution >= 0.6 is 11.3 Å². The van der Waals surface area contributed by atoms with Crippen molar-refractivity contribution in [1.29, 1.82) is 0 Å². The second-order valence-corrected chi connectivity index (χ2v) is 9.62. The molecule has 2 unspecified atom stereocenters. The van der Waals surface area contributed by atoms with Gasteiger partial charge in [0.05, 0.1) is 6.61 Å². The van der Waals surface area contributed by atoms with E-state index in [4.69, 9.17) is 9.47 Å². The number of alkyl carbamates (subject to hydrolysis) is 1. The number of nitrogens with one attached hydrogen (secondary N) is 1. The third-order valence-electron chi connectivity index (χ3n) is 5.68. The summed E-state index contributed by atoms with van der Waals surface area (Å²) >= 11 is 1.26. The van der Waals surface area contributed by atoms with Gasteiger partial charge in [-0.3, -0.25) is 4.79 Å². The van der Waals surface area contributed by atoms with Crippen LogP contribution < -0.4 is 5.32 Å². The van der Waals surface area contributed by atoms with Gasteiger partial charge in [0, 0.05) is 37.9 Å². The predicted molar refractivity (Wildman–Crippen MR) is 135 cm³/mol. The van der Waals surface area contributed by atoms with Gasteiger partial charge < -0.3 is 19.7 Å². The molecule has 8 nitrogen and oxygen atoms in total. The van der Waals surface area contributed by atoms with Crippen molar-refractivity contribution in [2.24, 2.45) is 5.92 Å². The van der Waals surface area contributed by atoms with Crippen LogP contribution in [0.3, 0.4) is 0 Å². The number of ether oxygens (including phenoxy) is 2. The summed E-state index contributed by atoms with van der Waals surface area (Å²) in [6, 6.07) is -0.129. The molecule has 34 heavy (non-hydrogen) atoms. The highest BCUT2D eigenvalue weighted by molar-refractivity contribution is 7.09. The predicted octanol–water partition coefficient (Wildman–Crippen LogP) is 5.73. The van der Waals surface area contributed by atoms with Crippen molar-refractivity contribution in [3.8, 4) is 0 Å². The van der Waals surface area contributed by atoms with Gasteiger partial charge in [0.2, 0.25) is 5.91 Å². The van der Waals surface area contributed by atoms with Gasteiger partial charge in [0.15, 0.2) is 11.8 Å². The zero-order chi connectivity index (χ0) is 25.5. The number of rotatable bonds is 16. The maximum Gasteiger partial charge on any atom is 0.407 e. The van der Waals surface area contributed by atoms with E-state index in [1.165, 1.54) is 18.4 Å². The third-order valence-corrected chi connectivity index (χ3v) is 6.61. The molecule has 1 aromatic rings. The minimum Gasteiger partial charge on any atom is -0.461 e. The summed E-state index contributed by atoms with van der Waals surface area (Å²) in [6.07, 6.45) is 5.76. The fourth-order valence-corrected chi connectivity index (χ4v) is 4.58. The van der Waals surface area contributed by atoms with Crippen LogP contribution in [0, 0.1) is 5.92 Å². The largest absolute Gasteiger partial charge is 0.461 e. The van der Waals surface area contributed by atoms with Gasteiger partial charge >= 0.3 is 12.1 Å². The Kier molecular flexibility index (Phi) is 14.5. The lowest BCUT2D eigenvalue weighted by Crippen LogP contribution is -2.45. The van der Waals surface area contributed by atoms with E-state index in [1.807, 2.05) is 4.90 Å². The molecule has 0 radical (unpaired) electrons. The standard InChI is InChI=1S/C25H43N3O5S/c1-7-10-12-13-15-28(22(29)14-11-8-2)20(18(4)5)16-21(33-25(31)26-6)23-27-19(17-34-23)24(30)32-9-3/h17-18,20-21H,7-16H2,1-6H3,(H,26,31). The lowest BCUT2D eigenvalue weighted by Gasteiger charge is -2.36. The van der Waals surface area contributed by atoms with Crippen LogP contribution in [0.1, 0.15) is 108 Å². The Hall–Kier alpha value is -2.16. The van der Waals surface area contributed by atoms with Gasteiger partial charge in [-0.1, -0.05) is 53.4 Å². The van der Waals surface area contributed by atoms with Crippen molar-refractivity contribution in [2.45, 2.75) is 98.1 Å². The molecular weight excluding hydrogens is 454 g/mol. The average molecular weight is 498 g/mol. The highest BCUT2D eigenvalue weighted by Gasteiger charge is 2.32. The van der Waals surface area contributed by atoms with Gasteiger partial charge in [0.1, 0.15) is 5.01 Å². The van der Waals surface area contributed by atoms with E-state index in [0.29, 0.717) is 24.4 Å². The van der Waals surface area contributed by atoms with Crippen LogP contribution in [-0.4, -0.2) is 54.1 Å². The van der Waals surface area contributed by atoms with Gasteiger partial charge in [-0.2, -0.15) is 0 Å². The van der Waals surface area contributed by atoms with Crippen molar-refractivity contribution in [3.05, 3.63) is 16.1 Å². The summed E-state index contributed by atoms with van der Waals surface area (Å²) in [7, 11) is 1.50. The Balaban J connectivity index is 3.20. The Bertz CT molecular complexity index is 753. The molecule has 1 N–H and O–H groups in total. The Labute approximate surface area is 208 Å². The van der Waals surface area contributed by atoms with E-state index in [1.54, 1.807) is 12.3 Å². The molecule has 0 saturated heterocycles. The van der Waals surface area contributed by atoms with Gasteiger partial charge in [-0.05, 0) is 25.7 Å². The van der Waals surface area contributed by atoms with E-state index >= 15 is 0 Å². The van der Waals surface area contributed by atoms with E-state index in [-0.39, 0.29) is 30.2 Å². The number of carbonyl (C=O) groups excluding carboxylic acids is 3. The zero-order valence-corrected chi connectivity index (χ0v) is 22.5. The summed E-state index contributed by atoms with van der Waals surface area (Å²) in [4.78, 5) is 43.9. The molecule has 0 saturated carbocycles. The van der Waals surface area contributed by atoms with Gasteiger partial charge in [-0.25, -0.2) is 14.6 Å². The molecule has 1 aromatic heterocycles. The first-order valence-corrected chi connectivity index (χ1v) is 13.5. The Morgan fingerprint density at radius 3 is 2.38 bits per heavy atom. The lowest BCUT2D eigenvalue weighted by molar-refractivity contribution is -0.135. The van der Waals surface area contributed by atoms with E-state index in [2.05, 4.69) is 38.0 Å². The maximum atomic E-state index is 13.2. The van der Waals surface area contributed by atoms with Crippen molar-refractivity contribution < 1.29 is 23.9 Å². The number of carbonyl (C=O) groups is 3. The summed E-state index contributed by atoms with van der Waals surface area (Å²) in [6.45, 7) is 11.1. The Morgan fingerprint density at radius 1 is 1.09 bits per heavy atom. The molecule has 9 heteroatoms. The molecular formula is C25H43N3O5S. The second kappa shape index (κ2) is 16.5. The maximum absolute atomic E-state index is 13.2. The molecule has 2 amide bonds. The fraction of sp³-hybridized carbons (Fsp3) is 0.760. The van der Waals surface area contributed by atoms with Crippen LogP contribution in [0.5, 0.6) is 0 Å². The number of aromatic nitrogens is 1. The van der Waals surface area contributed by atoms with E-state index in [9.17, 15) is 14.4 Å².